The van der Waals surface area contributed by atoms with Crippen LogP contribution >= 0.6 is 27.0 Å². The van der Waals surface area contributed by atoms with Crippen molar-refractivity contribution in [3.05, 3.63) is 30.3 Å². The minimum atomic E-state index is -5.61. The van der Waals surface area contributed by atoms with Crippen LogP contribution in [0.3, 0.4) is 0 Å². The van der Waals surface area contributed by atoms with Gasteiger partial charge in [0.1, 0.15) is 0 Å². The van der Waals surface area contributed by atoms with Gasteiger partial charge in [-0.2, -0.15) is 13.2 Å². The molecular weight excluding hydrogens is 481 g/mol. The van der Waals surface area contributed by atoms with E-state index in [2.05, 4.69) is 0 Å². The fourth-order valence-electron chi connectivity index (χ4n) is 2.56. The van der Waals surface area contributed by atoms with Crippen LogP contribution in [0.5, 0.6) is 0 Å². The number of hydrogen-bond acceptors (Lipinski definition) is 8. The number of amides is 1. The number of nitrogens with one attached hydrogen (secondary N) is 1. The maximum absolute atomic E-state index is 14.7. The lowest BCUT2D eigenvalue weighted by molar-refractivity contribution is -0.156. The van der Waals surface area contributed by atoms with Gasteiger partial charge in [-0.25, -0.2) is 0 Å². The van der Waals surface area contributed by atoms with Crippen molar-refractivity contribution in [3.63, 3.8) is 0 Å². The minimum absolute atomic E-state index is 0.293. The Hall–Kier alpha value is -0.870. The molecule has 0 aliphatic heterocycles. The van der Waals surface area contributed by atoms with Crippen molar-refractivity contribution >= 4 is 32.2 Å². The van der Waals surface area contributed by atoms with Gasteiger partial charge in [-0.15, -0.1) is 0 Å². The molecule has 0 fully saturated rings. The van der Waals surface area contributed by atoms with Crippen LogP contribution in [-0.4, -0.2) is 42.9 Å². The first-order chi connectivity index (χ1) is 14.5. The van der Waals surface area contributed by atoms with Gasteiger partial charge in [0.15, 0.2) is 0 Å². The summed E-state index contributed by atoms with van der Waals surface area (Å²) in [5.74, 6) is 0. The number of carbonyl (C=O) groups excluding carboxylic acids is 1. The second-order valence-corrected chi connectivity index (χ2v) is 11.4. The van der Waals surface area contributed by atoms with Crippen molar-refractivity contribution in [1.29, 1.82) is 0 Å². The Morgan fingerprint density at radius 2 is 1.26 bits per heavy atom. The highest BCUT2D eigenvalue weighted by molar-refractivity contribution is 8.13. The van der Waals surface area contributed by atoms with Crippen LogP contribution in [-0.2, 0) is 27.2 Å². The number of alkyl halides is 3. The summed E-state index contributed by atoms with van der Waals surface area (Å²) in [6.07, 6.45) is -5.61. The molecule has 8 nitrogen and oxygen atoms in total. The SMILES string of the molecule is CCOP(=O)(OCC)C(NC(=O)Sc1ccccc1)(C(F)(F)F)P(=O)(OCC)OCC. The van der Waals surface area contributed by atoms with E-state index in [1.165, 1.54) is 39.8 Å². The van der Waals surface area contributed by atoms with Gasteiger partial charge in [0.2, 0.25) is 0 Å². The third-order valence-electron chi connectivity index (χ3n) is 3.61. The van der Waals surface area contributed by atoms with Gasteiger partial charge in [0.05, 0.1) is 26.4 Å². The van der Waals surface area contributed by atoms with E-state index in [-0.39, 0.29) is 0 Å². The Bertz CT molecular complexity index is 761. The maximum Gasteiger partial charge on any atom is 0.435 e. The number of halogens is 3. The van der Waals surface area contributed by atoms with E-state index in [9.17, 15) is 27.1 Å². The standard InChI is InChI=1S/C17H26F3NO7P2S/c1-5-25-29(23,26-6-2)17(16(18,19)20,30(24,27-7-3)28-8-4)21-15(22)31-14-12-10-9-11-13-14/h9-13H,5-8H2,1-4H3,(H,21,22). The van der Waals surface area contributed by atoms with Gasteiger partial charge in [-0.05, 0) is 51.6 Å². The van der Waals surface area contributed by atoms with Crippen molar-refractivity contribution in [2.75, 3.05) is 26.4 Å². The summed E-state index contributed by atoms with van der Waals surface area (Å²) in [5.41, 5.74) is 0. The summed E-state index contributed by atoms with van der Waals surface area (Å²) in [7, 11) is -10.8. The smallest absolute Gasteiger partial charge is 0.312 e. The fraction of sp³-hybridized carbons (Fsp3) is 0.588. The number of hydrogen-bond donors (Lipinski definition) is 1. The molecule has 0 saturated heterocycles. The van der Waals surface area contributed by atoms with Crippen LogP contribution in [0.25, 0.3) is 0 Å². The van der Waals surface area contributed by atoms with Crippen molar-refractivity contribution < 1.29 is 45.2 Å². The van der Waals surface area contributed by atoms with Crippen LogP contribution in [0.4, 0.5) is 18.0 Å². The quantitative estimate of drug-likeness (QED) is 0.262. The first-order valence-electron chi connectivity index (χ1n) is 9.37. The van der Waals surface area contributed by atoms with E-state index in [1.54, 1.807) is 23.5 Å². The number of benzene rings is 1. The molecule has 0 radical (unpaired) electrons. The molecule has 1 N–H and O–H groups in total. The number of thioether (sulfide) groups is 1. The van der Waals surface area contributed by atoms with Crippen LogP contribution in [0.15, 0.2) is 35.2 Å². The van der Waals surface area contributed by atoms with Gasteiger partial charge in [-0.3, -0.25) is 13.9 Å². The molecule has 0 aliphatic carbocycles. The first kappa shape index (κ1) is 28.2. The summed E-state index contributed by atoms with van der Waals surface area (Å²) in [6, 6.07) is 7.76. The van der Waals surface area contributed by atoms with E-state index in [1.807, 2.05) is 0 Å². The van der Waals surface area contributed by atoms with Gasteiger partial charge < -0.3 is 23.4 Å². The Labute approximate surface area is 183 Å². The van der Waals surface area contributed by atoms with Crippen molar-refractivity contribution in [2.45, 2.75) is 43.8 Å². The molecule has 0 bridgehead atoms. The molecule has 178 valence electrons. The first-order valence-corrected chi connectivity index (χ1v) is 13.3. The Morgan fingerprint density at radius 1 is 0.871 bits per heavy atom. The second-order valence-electron chi connectivity index (χ2n) is 5.66. The predicted octanol–water partition coefficient (Wildman–Crippen LogP) is 6.24. The molecule has 1 aromatic carbocycles. The molecule has 0 unspecified atom stereocenters. The molecule has 1 aromatic rings. The lowest BCUT2D eigenvalue weighted by atomic mass is 10.4. The van der Waals surface area contributed by atoms with Crippen molar-refractivity contribution in [3.8, 4) is 0 Å². The van der Waals surface area contributed by atoms with Crippen LogP contribution in [0, 0.1) is 0 Å². The Kier molecular flexibility index (Phi) is 10.8. The highest BCUT2D eigenvalue weighted by Gasteiger charge is 2.80. The lowest BCUT2D eigenvalue weighted by Gasteiger charge is -2.42. The van der Waals surface area contributed by atoms with Gasteiger partial charge in [0.25, 0.3) is 5.24 Å². The van der Waals surface area contributed by atoms with Crippen LogP contribution < -0.4 is 5.32 Å². The van der Waals surface area contributed by atoms with Crippen LogP contribution in [0.2, 0.25) is 0 Å². The highest BCUT2D eigenvalue weighted by atomic mass is 32.2. The Morgan fingerprint density at radius 3 is 1.58 bits per heavy atom. The zero-order chi connectivity index (χ0) is 23.8. The molecule has 1 amide bonds. The summed E-state index contributed by atoms with van der Waals surface area (Å²) >= 11 is 0.377. The van der Waals surface area contributed by atoms with Gasteiger partial charge in [0, 0.05) is 4.90 Å². The van der Waals surface area contributed by atoms with E-state index >= 15 is 0 Å². The van der Waals surface area contributed by atoms with E-state index in [0.29, 0.717) is 16.7 Å². The van der Waals surface area contributed by atoms with Crippen LogP contribution in [0.1, 0.15) is 27.7 Å². The average Bonchev–Trinajstić information content (AvgIpc) is 2.66. The fourth-order valence-corrected chi connectivity index (χ4v) is 8.67. The predicted molar refractivity (Wildman–Crippen MR) is 111 cm³/mol. The van der Waals surface area contributed by atoms with Gasteiger partial charge >= 0.3 is 26.4 Å². The van der Waals surface area contributed by atoms with Crippen molar-refractivity contribution in [2.24, 2.45) is 0 Å². The largest absolute Gasteiger partial charge is 0.435 e. The number of carbonyl (C=O) groups is 1. The van der Waals surface area contributed by atoms with Gasteiger partial charge in [-0.1, -0.05) is 18.2 Å². The number of rotatable bonds is 12. The molecule has 0 atom stereocenters. The van der Waals surface area contributed by atoms with E-state index in [0.717, 1.165) is 0 Å². The molecule has 0 spiro atoms. The van der Waals surface area contributed by atoms with Crippen molar-refractivity contribution in [1.82, 2.24) is 5.32 Å². The summed E-state index contributed by atoms with van der Waals surface area (Å²) < 4.78 is 90.7. The maximum atomic E-state index is 14.7. The third-order valence-corrected chi connectivity index (χ3v) is 10.6. The molecular formula is C17H26F3NO7P2S. The molecule has 0 heterocycles. The molecule has 0 aliphatic rings. The minimum Gasteiger partial charge on any atom is -0.312 e. The zero-order valence-electron chi connectivity index (χ0n) is 17.5. The molecule has 1 rings (SSSR count). The third kappa shape index (κ3) is 6.13. The monoisotopic (exact) mass is 507 g/mol. The zero-order valence-corrected chi connectivity index (χ0v) is 20.1. The van der Waals surface area contributed by atoms with E-state index < -0.39 is 58.1 Å². The molecule has 0 aromatic heterocycles. The molecule has 14 heteroatoms. The average molecular weight is 507 g/mol. The molecule has 0 saturated carbocycles. The highest BCUT2D eigenvalue weighted by Crippen LogP contribution is 2.80. The second kappa shape index (κ2) is 11.8. The lowest BCUT2D eigenvalue weighted by Crippen LogP contribution is -2.58. The summed E-state index contributed by atoms with van der Waals surface area (Å²) in [5, 5.41) is -3.78. The summed E-state index contributed by atoms with van der Waals surface area (Å²) in [6.45, 7) is 3.15. The Balaban J connectivity index is 3.76. The molecule has 31 heavy (non-hydrogen) atoms. The topological polar surface area (TPSA) is 100 Å². The normalized spacial score (nSPS) is 13.3. The van der Waals surface area contributed by atoms with E-state index in [4.69, 9.17) is 18.1 Å². The summed E-state index contributed by atoms with van der Waals surface area (Å²) in [4.78, 5) is 13.0.